The molecule has 4 heteroatoms. The highest BCUT2D eigenvalue weighted by molar-refractivity contribution is 5.64. The third-order valence-corrected chi connectivity index (χ3v) is 2.62. The molecule has 0 saturated heterocycles. The minimum absolute atomic E-state index is 0.818. The van der Waals surface area contributed by atoms with Gasteiger partial charge < -0.3 is 5.73 Å². The van der Waals surface area contributed by atoms with Gasteiger partial charge in [0.25, 0.3) is 0 Å². The first kappa shape index (κ1) is 10.7. The van der Waals surface area contributed by atoms with Gasteiger partial charge in [0.1, 0.15) is 0 Å². The number of hydrogen-bond acceptors (Lipinski definition) is 3. The van der Waals surface area contributed by atoms with Gasteiger partial charge in [-0.05, 0) is 31.0 Å². The fourth-order valence-corrected chi connectivity index (χ4v) is 1.69. The lowest BCUT2D eigenvalue weighted by molar-refractivity contribution is 0.584. The molecule has 0 atom stereocenters. The van der Waals surface area contributed by atoms with E-state index in [1.54, 1.807) is 6.20 Å². The molecule has 84 valence electrons. The van der Waals surface area contributed by atoms with Crippen LogP contribution < -0.4 is 5.73 Å². The molecule has 0 radical (unpaired) electrons. The second kappa shape index (κ2) is 4.35. The van der Waals surface area contributed by atoms with Crippen molar-refractivity contribution in [3.05, 3.63) is 30.0 Å². The van der Waals surface area contributed by atoms with Crippen molar-refractivity contribution in [1.29, 1.82) is 0 Å². The predicted molar refractivity (Wildman–Crippen MR) is 64.9 cm³/mol. The van der Waals surface area contributed by atoms with E-state index in [0.29, 0.717) is 0 Å². The average Bonchev–Trinajstić information content (AvgIpc) is 2.71. The van der Waals surface area contributed by atoms with E-state index in [9.17, 15) is 0 Å². The number of aryl methyl sites for hydroxylation is 2. The highest BCUT2D eigenvalue weighted by atomic mass is 15.4. The molecule has 1 aromatic carbocycles. The number of benzene rings is 1. The maximum absolute atomic E-state index is 5.80. The van der Waals surface area contributed by atoms with Gasteiger partial charge >= 0.3 is 0 Å². The van der Waals surface area contributed by atoms with Gasteiger partial charge in [-0.25, -0.2) is 4.68 Å². The third-order valence-electron chi connectivity index (χ3n) is 2.62. The van der Waals surface area contributed by atoms with Crippen molar-refractivity contribution < 1.29 is 0 Å². The fraction of sp³-hybridized carbons (Fsp3) is 0.333. The normalized spacial score (nSPS) is 10.6. The molecule has 0 spiro atoms. The van der Waals surface area contributed by atoms with Crippen molar-refractivity contribution in [2.75, 3.05) is 5.73 Å². The minimum atomic E-state index is 0.818. The molecule has 16 heavy (non-hydrogen) atoms. The molecule has 0 aliphatic carbocycles. The summed E-state index contributed by atoms with van der Waals surface area (Å²) in [6, 6.07) is 6.00. The first-order valence-corrected chi connectivity index (χ1v) is 5.47. The maximum atomic E-state index is 5.80. The van der Waals surface area contributed by atoms with Gasteiger partial charge in [-0.3, -0.25) is 0 Å². The summed E-state index contributed by atoms with van der Waals surface area (Å²) in [6.07, 6.45) is 2.84. The molecular formula is C12H16N4. The van der Waals surface area contributed by atoms with Crippen molar-refractivity contribution in [1.82, 2.24) is 15.0 Å². The number of nitrogens with zero attached hydrogens (tertiary/aromatic N) is 3. The third kappa shape index (κ3) is 1.91. The molecule has 2 rings (SSSR count). The minimum Gasteiger partial charge on any atom is -0.399 e. The van der Waals surface area contributed by atoms with Gasteiger partial charge in [0, 0.05) is 17.8 Å². The van der Waals surface area contributed by atoms with Gasteiger partial charge in [-0.2, -0.15) is 0 Å². The Morgan fingerprint density at radius 2 is 2.19 bits per heavy atom. The molecule has 0 unspecified atom stereocenters. The van der Waals surface area contributed by atoms with E-state index in [2.05, 4.69) is 23.3 Å². The van der Waals surface area contributed by atoms with Crippen molar-refractivity contribution in [2.24, 2.45) is 0 Å². The van der Waals surface area contributed by atoms with Crippen molar-refractivity contribution in [2.45, 2.75) is 26.8 Å². The van der Waals surface area contributed by atoms with E-state index >= 15 is 0 Å². The van der Waals surface area contributed by atoms with Crippen LogP contribution in [0.4, 0.5) is 5.69 Å². The largest absolute Gasteiger partial charge is 0.399 e. The van der Waals surface area contributed by atoms with E-state index in [4.69, 9.17) is 5.73 Å². The number of rotatable bonds is 3. The highest BCUT2D eigenvalue weighted by Gasteiger charge is 2.06. The van der Waals surface area contributed by atoms with Crippen molar-refractivity contribution >= 4 is 5.69 Å². The zero-order valence-corrected chi connectivity index (χ0v) is 9.64. The molecule has 1 aromatic heterocycles. The Morgan fingerprint density at radius 3 is 2.88 bits per heavy atom. The Bertz CT molecular complexity index is 488. The van der Waals surface area contributed by atoms with Gasteiger partial charge in [0.05, 0.1) is 11.9 Å². The number of aromatic nitrogens is 3. The number of nitrogen functional groups attached to an aromatic ring is 1. The molecule has 0 bridgehead atoms. The standard InChI is InChI=1S/C12H16N4/c1-3-6-16-12(8-14-15-16)10-4-5-11(13)9(2)7-10/h4-5,7-8H,3,6,13H2,1-2H3. The zero-order chi connectivity index (χ0) is 11.5. The Labute approximate surface area is 95.1 Å². The quantitative estimate of drug-likeness (QED) is 0.800. The van der Waals surface area contributed by atoms with Crippen LogP contribution in [0.3, 0.4) is 0 Å². The maximum Gasteiger partial charge on any atom is 0.0885 e. The first-order chi connectivity index (χ1) is 7.72. The Hall–Kier alpha value is -1.84. The van der Waals surface area contributed by atoms with Crippen LogP contribution in [0.25, 0.3) is 11.3 Å². The van der Waals surface area contributed by atoms with Crippen LogP contribution in [-0.4, -0.2) is 15.0 Å². The van der Waals surface area contributed by atoms with Crippen molar-refractivity contribution in [3.8, 4) is 11.3 Å². The second-order valence-electron chi connectivity index (χ2n) is 3.91. The molecule has 0 amide bonds. The Kier molecular flexibility index (Phi) is 2.90. The van der Waals surface area contributed by atoms with E-state index in [1.165, 1.54) is 0 Å². The van der Waals surface area contributed by atoms with Gasteiger partial charge in [-0.15, -0.1) is 5.10 Å². The monoisotopic (exact) mass is 216 g/mol. The molecule has 0 saturated carbocycles. The summed E-state index contributed by atoms with van der Waals surface area (Å²) in [7, 11) is 0. The lowest BCUT2D eigenvalue weighted by Crippen LogP contribution is -2.01. The van der Waals surface area contributed by atoms with Crippen LogP contribution in [0.15, 0.2) is 24.4 Å². The summed E-state index contributed by atoms with van der Waals surface area (Å²) < 4.78 is 1.92. The summed E-state index contributed by atoms with van der Waals surface area (Å²) in [5, 5.41) is 8.02. The van der Waals surface area contributed by atoms with Gasteiger partial charge in [0.15, 0.2) is 0 Å². The fourth-order valence-electron chi connectivity index (χ4n) is 1.69. The Morgan fingerprint density at radius 1 is 1.38 bits per heavy atom. The lowest BCUT2D eigenvalue weighted by Gasteiger charge is -2.06. The highest BCUT2D eigenvalue weighted by Crippen LogP contribution is 2.22. The lowest BCUT2D eigenvalue weighted by atomic mass is 10.1. The summed E-state index contributed by atoms with van der Waals surface area (Å²) in [6.45, 7) is 5.02. The smallest absolute Gasteiger partial charge is 0.0885 e. The van der Waals surface area contributed by atoms with Gasteiger partial charge in [-0.1, -0.05) is 18.2 Å². The van der Waals surface area contributed by atoms with Crippen LogP contribution in [0.5, 0.6) is 0 Å². The van der Waals surface area contributed by atoms with Crippen LogP contribution >= 0.6 is 0 Å². The second-order valence-corrected chi connectivity index (χ2v) is 3.91. The topological polar surface area (TPSA) is 56.7 Å². The van der Waals surface area contributed by atoms with E-state index in [1.807, 2.05) is 23.7 Å². The summed E-state index contributed by atoms with van der Waals surface area (Å²) in [4.78, 5) is 0. The molecule has 0 fully saturated rings. The van der Waals surface area contributed by atoms with E-state index in [0.717, 1.165) is 35.5 Å². The predicted octanol–water partition coefficient (Wildman–Crippen LogP) is 2.25. The van der Waals surface area contributed by atoms with Gasteiger partial charge in [0.2, 0.25) is 0 Å². The first-order valence-electron chi connectivity index (χ1n) is 5.47. The SMILES string of the molecule is CCCn1nncc1-c1ccc(N)c(C)c1. The van der Waals surface area contributed by atoms with Crippen LogP contribution in [0.2, 0.25) is 0 Å². The summed E-state index contributed by atoms with van der Waals surface area (Å²) in [5.74, 6) is 0. The molecule has 2 aromatic rings. The number of anilines is 1. The van der Waals surface area contributed by atoms with Crippen LogP contribution in [0.1, 0.15) is 18.9 Å². The van der Waals surface area contributed by atoms with E-state index < -0.39 is 0 Å². The zero-order valence-electron chi connectivity index (χ0n) is 9.64. The molecule has 0 aliphatic heterocycles. The summed E-state index contributed by atoms with van der Waals surface area (Å²) in [5.41, 5.74) is 9.87. The average molecular weight is 216 g/mol. The number of hydrogen-bond donors (Lipinski definition) is 1. The molecule has 0 aliphatic rings. The van der Waals surface area contributed by atoms with Crippen LogP contribution in [0, 0.1) is 6.92 Å². The van der Waals surface area contributed by atoms with Crippen molar-refractivity contribution in [3.63, 3.8) is 0 Å². The summed E-state index contributed by atoms with van der Waals surface area (Å²) >= 11 is 0. The molecular weight excluding hydrogens is 200 g/mol. The number of nitrogens with two attached hydrogens (primary N) is 1. The van der Waals surface area contributed by atoms with Crippen LogP contribution in [-0.2, 0) is 6.54 Å². The van der Waals surface area contributed by atoms with E-state index in [-0.39, 0.29) is 0 Å². The molecule has 1 heterocycles. The Balaban J connectivity index is 2.42. The molecule has 2 N–H and O–H groups in total. The molecule has 4 nitrogen and oxygen atoms in total.